The zero-order valence-electron chi connectivity index (χ0n) is 14.2. The topological polar surface area (TPSA) is 76.3 Å². The largest absolute Gasteiger partial charge is 0.419 e. The van der Waals surface area contributed by atoms with Crippen LogP contribution in [0.4, 0.5) is 0 Å². The van der Waals surface area contributed by atoms with Crippen molar-refractivity contribution in [3.63, 3.8) is 0 Å². The monoisotopic (exact) mass is 391 g/mol. The molecule has 2 aromatic carbocycles. The van der Waals surface area contributed by atoms with Crippen LogP contribution < -0.4 is 0 Å². The van der Waals surface area contributed by atoms with Gasteiger partial charge in [0.05, 0.1) is 11.4 Å². The van der Waals surface area contributed by atoms with Gasteiger partial charge in [-0.1, -0.05) is 36.7 Å². The van der Waals surface area contributed by atoms with Crippen molar-refractivity contribution in [3.05, 3.63) is 65.5 Å². The van der Waals surface area contributed by atoms with Crippen LogP contribution in [0, 0.1) is 0 Å². The van der Waals surface area contributed by atoms with Crippen LogP contribution in [-0.2, 0) is 16.6 Å². The highest BCUT2D eigenvalue weighted by molar-refractivity contribution is 7.89. The second-order valence-electron chi connectivity index (χ2n) is 5.66. The Morgan fingerprint density at radius 1 is 1.04 bits per heavy atom. The second-order valence-corrected chi connectivity index (χ2v) is 8.03. The van der Waals surface area contributed by atoms with Gasteiger partial charge in [-0.25, -0.2) is 8.42 Å². The van der Waals surface area contributed by atoms with Gasteiger partial charge in [0.25, 0.3) is 0 Å². The van der Waals surface area contributed by atoms with Crippen molar-refractivity contribution >= 4 is 21.6 Å². The van der Waals surface area contributed by atoms with E-state index in [1.165, 1.54) is 16.4 Å². The molecule has 8 heteroatoms. The molecule has 0 aliphatic carbocycles. The number of aromatic nitrogens is 2. The second kappa shape index (κ2) is 7.99. The fourth-order valence-corrected chi connectivity index (χ4v) is 4.06. The van der Waals surface area contributed by atoms with Crippen LogP contribution in [-0.4, -0.2) is 29.5 Å². The van der Waals surface area contributed by atoms with Gasteiger partial charge >= 0.3 is 0 Å². The van der Waals surface area contributed by atoms with E-state index in [2.05, 4.69) is 10.2 Å². The third-order valence-electron chi connectivity index (χ3n) is 3.72. The van der Waals surface area contributed by atoms with Crippen LogP contribution in [0.25, 0.3) is 11.5 Å². The third kappa shape index (κ3) is 4.12. The van der Waals surface area contributed by atoms with Crippen LogP contribution in [0.5, 0.6) is 0 Å². The van der Waals surface area contributed by atoms with Gasteiger partial charge in [-0.15, -0.1) is 10.2 Å². The van der Waals surface area contributed by atoms with Crippen molar-refractivity contribution < 1.29 is 12.8 Å². The van der Waals surface area contributed by atoms with E-state index in [1.807, 2.05) is 37.3 Å². The molecule has 0 spiro atoms. The van der Waals surface area contributed by atoms with Gasteiger partial charge in [0.15, 0.2) is 0 Å². The summed E-state index contributed by atoms with van der Waals surface area (Å²) in [5.41, 5.74) is 0.786. The number of hydrogen-bond donors (Lipinski definition) is 0. The highest BCUT2D eigenvalue weighted by Crippen LogP contribution is 2.22. The molecule has 0 amide bonds. The van der Waals surface area contributed by atoms with Gasteiger partial charge in [-0.2, -0.15) is 4.31 Å². The molecule has 6 nitrogen and oxygen atoms in total. The molecule has 0 saturated heterocycles. The van der Waals surface area contributed by atoms with Gasteiger partial charge in [0.2, 0.25) is 21.8 Å². The van der Waals surface area contributed by atoms with Crippen LogP contribution in [0.1, 0.15) is 19.2 Å². The lowest BCUT2D eigenvalue weighted by Crippen LogP contribution is -2.31. The van der Waals surface area contributed by atoms with Crippen molar-refractivity contribution in [2.75, 3.05) is 6.54 Å². The molecule has 0 N–H and O–H groups in total. The maximum atomic E-state index is 12.9. The van der Waals surface area contributed by atoms with Crippen molar-refractivity contribution in [2.24, 2.45) is 0 Å². The van der Waals surface area contributed by atoms with Gasteiger partial charge in [0, 0.05) is 17.1 Å². The number of benzene rings is 2. The fraction of sp³-hybridized carbons (Fsp3) is 0.222. The van der Waals surface area contributed by atoms with Crippen molar-refractivity contribution in [2.45, 2.75) is 24.8 Å². The molecule has 3 rings (SSSR count). The molecule has 26 heavy (non-hydrogen) atoms. The molecule has 1 aromatic heterocycles. The Kier molecular flexibility index (Phi) is 5.70. The summed E-state index contributed by atoms with van der Waals surface area (Å²) < 4.78 is 32.8. The molecule has 0 unspecified atom stereocenters. The molecule has 0 aliphatic rings. The molecule has 0 radical (unpaired) electrons. The third-order valence-corrected chi connectivity index (χ3v) is 5.83. The number of hydrogen-bond acceptors (Lipinski definition) is 5. The van der Waals surface area contributed by atoms with Crippen LogP contribution in [0.3, 0.4) is 0 Å². The molecule has 0 fully saturated rings. The first-order valence-corrected chi connectivity index (χ1v) is 9.96. The van der Waals surface area contributed by atoms with Crippen LogP contribution >= 0.6 is 11.6 Å². The fourth-order valence-electron chi connectivity index (χ4n) is 2.46. The van der Waals surface area contributed by atoms with Crippen molar-refractivity contribution in [3.8, 4) is 11.5 Å². The Hall–Kier alpha value is -2.22. The summed E-state index contributed by atoms with van der Waals surface area (Å²) in [6, 6.07) is 15.4. The van der Waals surface area contributed by atoms with E-state index in [0.717, 1.165) is 5.56 Å². The van der Waals surface area contributed by atoms with E-state index in [1.54, 1.807) is 12.1 Å². The minimum atomic E-state index is -3.69. The maximum Gasteiger partial charge on any atom is 0.247 e. The van der Waals surface area contributed by atoms with E-state index < -0.39 is 10.0 Å². The molecule has 3 aromatic rings. The van der Waals surface area contributed by atoms with E-state index in [0.29, 0.717) is 23.9 Å². The molecule has 1 heterocycles. The Labute approximate surface area is 157 Å². The smallest absolute Gasteiger partial charge is 0.247 e. The standard InChI is InChI=1S/C18H18ClN3O3S/c1-2-12-22(26(23,24)16-10-8-15(19)9-11-16)13-17-20-21-18(25-17)14-6-4-3-5-7-14/h3-11H,2,12-13H2,1H3. The number of rotatable bonds is 7. The molecule has 0 saturated carbocycles. The first-order valence-electron chi connectivity index (χ1n) is 8.14. The van der Waals surface area contributed by atoms with Crippen molar-refractivity contribution in [1.29, 1.82) is 0 Å². The minimum Gasteiger partial charge on any atom is -0.419 e. The Morgan fingerprint density at radius 3 is 2.38 bits per heavy atom. The predicted molar refractivity (Wildman–Crippen MR) is 99.1 cm³/mol. The minimum absolute atomic E-state index is 0.0125. The Balaban J connectivity index is 1.85. The van der Waals surface area contributed by atoms with Gasteiger partial charge in [-0.05, 0) is 42.8 Å². The quantitative estimate of drug-likeness (QED) is 0.608. The van der Waals surface area contributed by atoms with Crippen LogP contribution in [0.15, 0.2) is 63.9 Å². The number of halogens is 1. The predicted octanol–water partition coefficient (Wildman–Crippen LogP) is 3.99. The van der Waals surface area contributed by atoms with E-state index in [9.17, 15) is 8.42 Å². The van der Waals surface area contributed by atoms with Gasteiger partial charge in [-0.3, -0.25) is 0 Å². The highest BCUT2D eigenvalue weighted by Gasteiger charge is 2.26. The number of nitrogens with zero attached hydrogens (tertiary/aromatic N) is 3. The molecular weight excluding hydrogens is 374 g/mol. The van der Waals surface area contributed by atoms with Crippen molar-refractivity contribution in [1.82, 2.24) is 14.5 Å². The highest BCUT2D eigenvalue weighted by atomic mass is 35.5. The summed E-state index contributed by atoms with van der Waals surface area (Å²) in [5.74, 6) is 0.607. The average Bonchev–Trinajstić information content (AvgIpc) is 3.11. The first kappa shape index (κ1) is 18.6. The van der Waals surface area contributed by atoms with E-state index in [4.69, 9.17) is 16.0 Å². The number of sulfonamides is 1. The van der Waals surface area contributed by atoms with E-state index in [-0.39, 0.29) is 17.3 Å². The average molecular weight is 392 g/mol. The maximum absolute atomic E-state index is 12.9. The summed E-state index contributed by atoms with van der Waals surface area (Å²) >= 11 is 5.85. The Morgan fingerprint density at radius 2 is 1.73 bits per heavy atom. The van der Waals surface area contributed by atoms with Gasteiger partial charge in [0.1, 0.15) is 0 Å². The summed E-state index contributed by atoms with van der Waals surface area (Å²) in [5, 5.41) is 8.48. The molecular formula is C18H18ClN3O3S. The summed E-state index contributed by atoms with van der Waals surface area (Å²) in [6.45, 7) is 2.26. The summed E-state index contributed by atoms with van der Waals surface area (Å²) in [4.78, 5) is 0.179. The van der Waals surface area contributed by atoms with Crippen LogP contribution in [0.2, 0.25) is 5.02 Å². The van der Waals surface area contributed by atoms with E-state index >= 15 is 0 Å². The summed E-state index contributed by atoms with van der Waals surface area (Å²) in [7, 11) is -3.69. The lowest BCUT2D eigenvalue weighted by atomic mass is 10.2. The SMILES string of the molecule is CCCN(Cc1nnc(-c2ccccc2)o1)S(=O)(=O)c1ccc(Cl)cc1. The zero-order valence-corrected chi connectivity index (χ0v) is 15.7. The normalized spacial score (nSPS) is 11.8. The molecule has 136 valence electrons. The first-order chi connectivity index (χ1) is 12.5. The Bertz CT molecular complexity index is 957. The van der Waals surface area contributed by atoms with Gasteiger partial charge < -0.3 is 4.42 Å². The summed E-state index contributed by atoms with van der Waals surface area (Å²) in [6.07, 6.45) is 0.659. The molecule has 0 bridgehead atoms. The molecule has 0 aliphatic heterocycles. The lowest BCUT2D eigenvalue weighted by Gasteiger charge is -2.20. The lowest BCUT2D eigenvalue weighted by molar-refractivity contribution is 0.357. The molecule has 0 atom stereocenters. The zero-order chi connectivity index (χ0) is 18.6.